The van der Waals surface area contributed by atoms with Crippen molar-refractivity contribution in [3.63, 3.8) is 0 Å². The third kappa shape index (κ3) is 2.41. The van der Waals surface area contributed by atoms with E-state index in [1.54, 1.807) is 0 Å². The summed E-state index contributed by atoms with van der Waals surface area (Å²) in [7, 11) is 0. The molecule has 3 rings (SSSR count). The molecule has 1 aromatic rings. The molecular weight excluding hydrogens is 208 g/mol. The zero-order chi connectivity index (χ0) is 11.7. The molecule has 1 unspecified atom stereocenters. The van der Waals surface area contributed by atoms with Crippen molar-refractivity contribution in [2.24, 2.45) is 5.92 Å². The predicted octanol–water partition coefficient (Wildman–Crippen LogP) is 3.97. The topological polar surface area (TPSA) is 28.7 Å². The molecule has 0 radical (unpaired) electrons. The first-order valence-electron chi connectivity index (χ1n) is 7.40. The zero-order valence-electron chi connectivity index (χ0n) is 11.0. The first-order chi connectivity index (χ1) is 8.33. The molecule has 2 aliphatic rings. The number of fused-ring (bicyclic) bond motifs is 1. The average Bonchev–Trinajstić information content (AvgIpc) is 2.74. The summed E-state index contributed by atoms with van der Waals surface area (Å²) in [5.74, 6) is 2.84. The molecule has 94 valence electrons. The maximum Gasteiger partial charge on any atom is 0.106 e. The molecule has 1 atom stereocenters. The summed E-state index contributed by atoms with van der Waals surface area (Å²) in [6.45, 7) is 2.32. The van der Waals surface area contributed by atoms with Gasteiger partial charge in [-0.15, -0.1) is 0 Å². The monoisotopic (exact) mass is 232 g/mol. The molecule has 1 saturated carbocycles. The molecule has 1 heterocycles. The van der Waals surface area contributed by atoms with Crippen molar-refractivity contribution < 1.29 is 0 Å². The van der Waals surface area contributed by atoms with Gasteiger partial charge >= 0.3 is 0 Å². The van der Waals surface area contributed by atoms with E-state index in [1.807, 2.05) is 0 Å². The van der Waals surface area contributed by atoms with Crippen LogP contribution < -0.4 is 0 Å². The molecule has 0 amide bonds. The van der Waals surface area contributed by atoms with Crippen molar-refractivity contribution >= 4 is 0 Å². The Morgan fingerprint density at radius 2 is 1.94 bits per heavy atom. The van der Waals surface area contributed by atoms with E-state index < -0.39 is 0 Å². The molecule has 0 saturated heterocycles. The molecule has 1 aromatic heterocycles. The van der Waals surface area contributed by atoms with Crippen LogP contribution in [0, 0.1) is 5.92 Å². The maximum absolute atomic E-state index is 4.87. The quantitative estimate of drug-likeness (QED) is 0.821. The Bertz CT molecular complexity index is 374. The van der Waals surface area contributed by atoms with E-state index in [4.69, 9.17) is 4.98 Å². The van der Waals surface area contributed by atoms with Gasteiger partial charge in [-0.05, 0) is 25.2 Å². The minimum absolute atomic E-state index is 0.676. The fourth-order valence-corrected chi connectivity index (χ4v) is 3.56. The summed E-state index contributed by atoms with van der Waals surface area (Å²) < 4.78 is 0. The first-order valence-corrected chi connectivity index (χ1v) is 7.40. The standard InChI is InChI=1S/C15H24N2/c1-11-6-5-9-13-15(11)17-14(16-13)10-12-7-3-2-4-8-12/h11-12H,2-10H2,1H3,(H,16,17). The van der Waals surface area contributed by atoms with E-state index >= 15 is 0 Å². The molecule has 2 heteroatoms. The summed E-state index contributed by atoms with van der Waals surface area (Å²) in [5, 5.41) is 0. The highest BCUT2D eigenvalue weighted by atomic mass is 14.9. The Kier molecular flexibility index (Phi) is 3.21. The van der Waals surface area contributed by atoms with Crippen LogP contribution in [0.2, 0.25) is 0 Å². The highest BCUT2D eigenvalue weighted by molar-refractivity contribution is 5.21. The van der Waals surface area contributed by atoms with Crippen LogP contribution in [0.5, 0.6) is 0 Å². The van der Waals surface area contributed by atoms with Crippen molar-refractivity contribution in [1.29, 1.82) is 0 Å². The van der Waals surface area contributed by atoms with E-state index in [1.165, 1.54) is 75.0 Å². The average molecular weight is 232 g/mol. The lowest BCUT2D eigenvalue weighted by atomic mass is 9.87. The Hall–Kier alpha value is -0.790. The smallest absolute Gasteiger partial charge is 0.106 e. The van der Waals surface area contributed by atoms with Crippen LogP contribution in [-0.2, 0) is 12.8 Å². The number of aromatic nitrogens is 2. The zero-order valence-corrected chi connectivity index (χ0v) is 11.0. The Balaban J connectivity index is 1.71. The predicted molar refractivity (Wildman–Crippen MR) is 70.2 cm³/mol. The highest BCUT2D eigenvalue weighted by Gasteiger charge is 2.22. The van der Waals surface area contributed by atoms with Gasteiger partial charge in [0.25, 0.3) is 0 Å². The van der Waals surface area contributed by atoms with E-state index in [9.17, 15) is 0 Å². The van der Waals surface area contributed by atoms with Gasteiger partial charge in [0.15, 0.2) is 0 Å². The van der Waals surface area contributed by atoms with Gasteiger partial charge in [-0.25, -0.2) is 4.98 Å². The molecule has 1 fully saturated rings. The van der Waals surface area contributed by atoms with Gasteiger partial charge in [-0.2, -0.15) is 0 Å². The highest BCUT2D eigenvalue weighted by Crippen LogP contribution is 2.31. The lowest BCUT2D eigenvalue weighted by molar-refractivity contribution is 0.352. The number of rotatable bonds is 2. The number of hydrogen-bond donors (Lipinski definition) is 1. The number of hydrogen-bond acceptors (Lipinski definition) is 1. The van der Waals surface area contributed by atoms with Crippen LogP contribution in [0.25, 0.3) is 0 Å². The molecular formula is C15H24N2. The van der Waals surface area contributed by atoms with Gasteiger partial charge in [-0.1, -0.05) is 39.0 Å². The lowest BCUT2D eigenvalue weighted by Crippen LogP contribution is -2.10. The van der Waals surface area contributed by atoms with Crippen molar-refractivity contribution in [2.45, 2.75) is 70.6 Å². The molecule has 17 heavy (non-hydrogen) atoms. The van der Waals surface area contributed by atoms with E-state index in [-0.39, 0.29) is 0 Å². The number of aromatic amines is 1. The second-order valence-electron chi connectivity index (χ2n) is 6.05. The van der Waals surface area contributed by atoms with E-state index in [0.717, 1.165) is 5.92 Å². The number of nitrogens with one attached hydrogen (secondary N) is 1. The van der Waals surface area contributed by atoms with Crippen LogP contribution in [0.1, 0.15) is 75.0 Å². The first kappa shape index (κ1) is 11.3. The van der Waals surface area contributed by atoms with Crippen LogP contribution >= 0.6 is 0 Å². The molecule has 2 aliphatic carbocycles. The van der Waals surface area contributed by atoms with Crippen LogP contribution in [0.4, 0.5) is 0 Å². The molecule has 0 aliphatic heterocycles. The number of H-pyrrole nitrogens is 1. The van der Waals surface area contributed by atoms with Crippen molar-refractivity contribution in [1.82, 2.24) is 9.97 Å². The summed E-state index contributed by atoms with van der Waals surface area (Å²) in [4.78, 5) is 8.47. The number of aryl methyl sites for hydroxylation is 1. The van der Waals surface area contributed by atoms with E-state index in [0.29, 0.717) is 5.92 Å². The summed E-state index contributed by atoms with van der Waals surface area (Å²) in [6.07, 6.45) is 12.2. The fraction of sp³-hybridized carbons (Fsp3) is 0.800. The van der Waals surface area contributed by atoms with Crippen molar-refractivity contribution in [2.75, 3.05) is 0 Å². The number of nitrogens with zero attached hydrogens (tertiary/aromatic N) is 1. The molecule has 0 bridgehead atoms. The third-order valence-corrected chi connectivity index (χ3v) is 4.60. The van der Waals surface area contributed by atoms with Gasteiger partial charge in [0.05, 0.1) is 5.69 Å². The van der Waals surface area contributed by atoms with Gasteiger partial charge in [0, 0.05) is 18.0 Å². The summed E-state index contributed by atoms with van der Waals surface area (Å²) >= 11 is 0. The van der Waals surface area contributed by atoms with Crippen molar-refractivity contribution in [3.8, 4) is 0 Å². The SMILES string of the molecule is CC1CCCc2[nH]c(CC3CCCCC3)nc21. The second-order valence-corrected chi connectivity index (χ2v) is 6.05. The van der Waals surface area contributed by atoms with Crippen LogP contribution in [-0.4, -0.2) is 9.97 Å². The normalized spacial score (nSPS) is 25.8. The summed E-state index contributed by atoms with van der Waals surface area (Å²) in [6, 6.07) is 0. The second kappa shape index (κ2) is 4.83. The molecule has 1 N–H and O–H groups in total. The van der Waals surface area contributed by atoms with Gasteiger partial charge in [0.2, 0.25) is 0 Å². The van der Waals surface area contributed by atoms with Gasteiger partial charge in [0.1, 0.15) is 5.82 Å². The number of imidazole rings is 1. The minimum atomic E-state index is 0.676. The minimum Gasteiger partial charge on any atom is -0.346 e. The van der Waals surface area contributed by atoms with Crippen molar-refractivity contribution in [3.05, 3.63) is 17.2 Å². The lowest BCUT2D eigenvalue weighted by Gasteiger charge is -2.20. The van der Waals surface area contributed by atoms with Gasteiger partial charge < -0.3 is 4.98 Å². The Labute approximate surface area is 104 Å². The summed E-state index contributed by atoms with van der Waals surface area (Å²) in [5.41, 5.74) is 2.82. The van der Waals surface area contributed by atoms with Crippen LogP contribution in [0.3, 0.4) is 0 Å². The van der Waals surface area contributed by atoms with Crippen LogP contribution in [0.15, 0.2) is 0 Å². The Morgan fingerprint density at radius 1 is 1.12 bits per heavy atom. The molecule has 2 nitrogen and oxygen atoms in total. The maximum atomic E-state index is 4.87. The third-order valence-electron chi connectivity index (χ3n) is 4.60. The largest absolute Gasteiger partial charge is 0.346 e. The molecule has 0 aromatic carbocycles. The van der Waals surface area contributed by atoms with Gasteiger partial charge in [-0.3, -0.25) is 0 Å². The van der Waals surface area contributed by atoms with E-state index in [2.05, 4.69) is 11.9 Å². The Morgan fingerprint density at radius 3 is 2.71 bits per heavy atom. The molecule has 0 spiro atoms. The fourth-order valence-electron chi connectivity index (χ4n) is 3.56.